The number of hydrogen-bond donors (Lipinski definition) is 0. The molecule has 26 heavy (non-hydrogen) atoms. The van der Waals surface area contributed by atoms with Crippen molar-refractivity contribution < 1.29 is 23.8 Å². The van der Waals surface area contributed by atoms with Gasteiger partial charge in [-0.05, 0) is 55.3 Å². The van der Waals surface area contributed by atoms with Crippen LogP contribution >= 0.6 is 11.8 Å². The molecular formula is C20H22O5S. The smallest absolute Gasteiger partial charge is 0.316 e. The number of ether oxygens (including phenoxy) is 3. The first-order chi connectivity index (χ1) is 12.4. The van der Waals surface area contributed by atoms with Crippen molar-refractivity contribution in [2.45, 2.75) is 18.7 Å². The van der Waals surface area contributed by atoms with Crippen LogP contribution in [0, 0.1) is 13.8 Å². The molecular weight excluding hydrogens is 352 g/mol. The zero-order valence-electron chi connectivity index (χ0n) is 15.3. The van der Waals surface area contributed by atoms with Gasteiger partial charge in [0.2, 0.25) is 5.78 Å². The van der Waals surface area contributed by atoms with Crippen molar-refractivity contribution >= 4 is 23.5 Å². The number of rotatable bonds is 8. The average molecular weight is 374 g/mol. The second-order valence-corrected chi connectivity index (χ2v) is 6.73. The number of methoxy groups -OCH3 is 2. The molecule has 0 aliphatic heterocycles. The Kier molecular flexibility index (Phi) is 7.09. The minimum Gasteiger partial charge on any atom is -0.497 e. The summed E-state index contributed by atoms with van der Waals surface area (Å²) in [6.07, 6.45) is 0. The van der Waals surface area contributed by atoms with E-state index in [1.54, 1.807) is 18.2 Å². The third-order valence-electron chi connectivity index (χ3n) is 3.91. The summed E-state index contributed by atoms with van der Waals surface area (Å²) in [5.74, 6) is 0.307. The van der Waals surface area contributed by atoms with Crippen molar-refractivity contribution in [3.63, 3.8) is 0 Å². The molecule has 2 aromatic rings. The molecule has 0 N–H and O–H groups in total. The Morgan fingerprint density at radius 1 is 0.962 bits per heavy atom. The number of hydrogen-bond acceptors (Lipinski definition) is 6. The van der Waals surface area contributed by atoms with Gasteiger partial charge in [0.25, 0.3) is 0 Å². The van der Waals surface area contributed by atoms with Crippen LogP contribution in [0.3, 0.4) is 0 Å². The maximum atomic E-state index is 12.3. The topological polar surface area (TPSA) is 61.8 Å². The predicted molar refractivity (Wildman–Crippen MR) is 101 cm³/mol. The number of ketones is 1. The van der Waals surface area contributed by atoms with Crippen LogP contribution in [0.15, 0.2) is 41.3 Å². The third kappa shape index (κ3) is 5.26. The minimum atomic E-state index is -0.441. The molecule has 0 saturated heterocycles. The average Bonchev–Trinajstić information content (AvgIpc) is 2.66. The van der Waals surface area contributed by atoms with Gasteiger partial charge in [0.1, 0.15) is 11.5 Å². The molecule has 0 aromatic heterocycles. The van der Waals surface area contributed by atoms with Crippen LogP contribution in [0.25, 0.3) is 0 Å². The molecule has 0 spiro atoms. The first kappa shape index (κ1) is 19.8. The van der Waals surface area contributed by atoms with Crippen LogP contribution in [0.5, 0.6) is 11.5 Å². The van der Waals surface area contributed by atoms with Crippen molar-refractivity contribution in [1.82, 2.24) is 0 Å². The van der Waals surface area contributed by atoms with E-state index in [2.05, 4.69) is 0 Å². The Morgan fingerprint density at radius 3 is 2.38 bits per heavy atom. The van der Waals surface area contributed by atoms with E-state index < -0.39 is 5.97 Å². The number of benzene rings is 2. The van der Waals surface area contributed by atoms with E-state index in [0.717, 1.165) is 4.90 Å². The van der Waals surface area contributed by atoms with E-state index in [1.165, 1.54) is 37.1 Å². The fraction of sp³-hybridized carbons (Fsp3) is 0.300. The van der Waals surface area contributed by atoms with Gasteiger partial charge in [-0.3, -0.25) is 9.59 Å². The molecule has 0 bridgehead atoms. The molecule has 2 aromatic carbocycles. The zero-order valence-corrected chi connectivity index (χ0v) is 16.1. The fourth-order valence-electron chi connectivity index (χ4n) is 2.24. The lowest BCUT2D eigenvalue weighted by molar-refractivity contribution is -0.139. The standard InChI is InChI=1S/C20H22O5S/c1-13-5-7-16(9-14(13)2)26-12-20(22)25-11-18(21)17-10-15(23-3)6-8-19(17)24-4/h5-10H,11-12H2,1-4H3. The van der Waals surface area contributed by atoms with Gasteiger partial charge in [0.05, 0.1) is 25.5 Å². The van der Waals surface area contributed by atoms with Crippen molar-refractivity contribution in [3.8, 4) is 11.5 Å². The number of Topliss-reactive ketones (excluding diaryl/α,β-unsaturated/α-hetero) is 1. The Morgan fingerprint density at radius 2 is 1.73 bits per heavy atom. The molecule has 0 aliphatic carbocycles. The molecule has 0 radical (unpaired) electrons. The summed E-state index contributed by atoms with van der Waals surface area (Å²) in [5, 5.41) is 0. The maximum absolute atomic E-state index is 12.3. The fourth-order valence-corrected chi connectivity index (χ4v) is 3.04. The van der Waals surface area contributed by atoms with E-state index in [4.69, 9.17) is 14.2 Å². The van der Waals surface area contributed by atoms with E-state index in [1.807, 2.05) is 32.0 Å². The van der Waals surface area contributed by atoms with Crippen molar-refractivity contribution in [1.29, 1.82) is 0 Å². The van der Waals surface area contributed by atoms with Crippen molar-refractivity contribution in [2.24, 2.45) is 0 Å². The SMILES string of the molecule is COc1ccc(OC)c(C(=O)COC(=O)CSc2ccc(C)c(C)c2)c1. The first-order valence-corrected chi connectivity index (χ1v) is 9.04. The van der Waals surface area contributed by atoms with Gasteiger partial charge < -0.3 is 14.2 Å². The van der Waals surface area contributed by atoms with Gasteiger partial charge in [-0.2, -0.15) is 0 Å². The summed E-state index contributed by atoms with van der Waals surface area (Å²) < 4.78 is 15.4. The molecule has 5 nitrogen and oxygen atoms in total. The lowest BCUT2D eigenvalue weighted by Crippen LogP contribution is -2.16. The highest BCUT2D eigenvalue weighted by Crippen LogP contribution is 2.25. The highest BCUT2D eigenvalue weighted by molar-refractivity contribution is 8.00. The Bertz CT molecular complexity index is 801. The first-order valence-electron chi connectivity index (χ1n) is 8.05. The summed E-state index contributed by atoms with van der Waals surface area (Å²) in [7, 11) is 2.99. The largest absolute Gasteiger partial charge is 0.497 e. The van der Waals surface area contributed by atoms with Gasteiger partial charge >= 0.3 is 5.97 Å². The summed E-state index contributed by atoms with van der Waals surface area (Å²) in [4.78, 5) is 25.3. The summed E-state index contributed by atoms with van der Waals surface area (Å²) in [5.41, 5.74) is 2.69. The molecule has 0 saturated carbocycles. The Hall–Kier alpha value is -2.47. The molecule has 6 heteroatoms. The highest BCUT2D eigenvalue weighted by atomic mass is 32.2. The second kappa shape index (κ2) is 9.29. The van der Waals surface area contributed by atoms with Gasteiger partial charge in [0.15, 0.2) is 6.61 Å². The van der Waals surface area contributed by atoms with Crippen molar-refractivity contribution in [2.75, 3.05) is 26.6 Å². The number of carbonyl (C=O) groups excluding carboxylic acids is 2. The number of aryl methyl sites for hydroxylation is 2. The summed E-state index contributed by atoms with van der Waals surface area (Å²) in [6, 6.07) is 10.9. The monoisotopic (exact) mass is 374 g/mol. The van der Waals surface area contributed by atoms with Crippen LogP contribution in [0.2, 0.25) is 0 Å². The summed E-state index contributed by atoms with van der Waals surface area (Å²) >= 11 is 1.38. The minimum absolute atomic E-state index is 0.144. The van der Waals surface area contributed by atoms with Gasteiger partial charge in [-0.1, -0.05) is 6.07 Å². The molecule has 138 valence electrons. The van der Waals surface area contributed by atoms with Gasteiger partial charge in [-0.15, -0.1) is 11.8 Å². The lowest BCUT2D eigenvalue weighted by Gasteiger charge is -2.10. The second-order valence-electron chi connectivity index (χ2n) is 5.68. The highest BCUT2D eigenvalue weighted by Gasteiger charge is 2.16. The van der Waals surface area contributed by atoms with Crippen LogP contribution in [0.4, 0.5) is 0 Å². The molecule has 0 unspecified atom stereocenters. The van der Waals surface area contributed by atoms with E-state index in [-0.39, 0.29) is 18.1 Å². The number of carbonyl (C=O) groups is 2. The van der Waals surface area contributed by atoms with Crippen LogP contribution in [-0.2, 0) is 9.53 Å². The van der Waals surface area contributed by atoms with Crippen LogP contribution in [-0.4, -0.2) is 38.3 Å². The van der Waals surface area contributed by atoms with Crippen LogP contribution in [0.1, 0.15) is 21.5 Å². The van der Waals surface area contributed by atoms with Crippen molar-refractivity contribution in [3.05, 3.63) is 53.1 Å². The number of esters is 1. The quantitative estimate of drug-likeness (QED) is 0.397. The zero-order chi connectivity index (χ0) is 19.1. The molecule has 0 amide bonds. The third-order valence-corrected chi connectivity index (χ3v) is 4.87. The van der Waals surface area contributed by atoms with Gasteiger partial charge in [0, 0.05) is 4.90 Å². The normalized spacial score (nSPS) is 10.3. The Balaban J connectivity index is 1.90. The predicted octanol–water partition coefficient (Wildman–Crippen LogP) is 3.84. The molecule has 0 aliphatic rings. The lowest BCUT2D eigenvalue weighted by atomic mass is 10.1. The molecule has 0 fully saturated rings. The molecule has 0 atom stereocenters. The molecule has 2 rings (SSSR count). The number of thioether (sulfide) groups is 1. The van der Waals surface area contributed by atoms with E-state index >= 15 is 0 Å². The van der Waals surface area contributed by atoms with E-state index in [9.17, 15) is 9.59 Å². The van der Waals surface area contributed by atoms with Crippen LogP contribution < -0.4 is 9.47 Å². The Labute approximate surface area is 157 Å². The van der Waals surface area contributed by atoms with Gasteiger partial charge in [-0.25, -0.2) is 0 Å². The molecule has 0 heterocycles. The summed E-state index contributed by atoms with van der Waals surface area (Å²) in [6.45, 7) is 3.73. The maximum Gasteiger partial charge on any atom is 0.316 e. The van der Waals surface area contributed by atoms with E-state index in [0.29, 0.717) is 17.1 Å².